The lowest BCUT2D eigenvalue weighted by atomic mass is 9.49. The summed E-state index contributed by atoms with van der Waals surface area (Å²) in [6.07, 6.45) is 4.90. The number of carbonyl (C=O) groups excluding carboxylic acids is 2. The number of hydrogen-bond acceptors (Lipinski definition) is 6. The molecule has 1 aromatic carbocycles. The lowest BCUT2D eigenvalue weighted by molar-refractivity contribution is -0.161. The summed E-state index contributed by atoms with van der Waals surface area (Å²) < 4.78 is 10.4. The van der Waals surface area contributed by atoms with E-state index in [9.17, 15) is 9.59 Å². The van der Waals surface area contributed by atoms with Gasteiger partial charge in [-0.15, -0.1) is 11.3 Å². The first-order valence-electron chi connectivity index (χ1n) is 12.0. The number of rotatable bonds is 5. The summed E-state index contributed by atoms with van der Waals surface area (Å²) in [5.74, 6) is 0.114. The molecule has 6 heteroatoms. The van der Waals surface area contributed by atoms with Crippen LogP contribution >= 0.6 is 11.3 Å². The third-order valence-electron chi connectivity index (χ3n) is 8.03. The van der Waals surface area contributed by atoms with E-state index in [0.29, 0.717) is 17.5 Å². The van der Waals surface area contributed by atoms with Gasteiger partial charge in [-0.1, -0.05) is 33.3 Å². The second kappa shape index (κ2) is 8.86. The molecule has 1 fully saturated rings. The van der Waals surface area contributed by atoms with Crippen LogP contribution in [0.1, 0.15) is 92.7 Å². The summed E-state index contributed by atoms with van der Waals surface area (Å²) in [7, 11) is 1.51. The van der Waals surface area contributed by atoms with Crippen LogP contribution in [0.5, 0.6) is 0 Å². The molecular weight excluding hydrogens is 434 g/mol. The van der Waals surface area contributed by atoms with E-state index in [1.807, 2.05) is 5.38 Å². The molecule has 0 spiro atoms. The van der Waals surface area contributed by atoms with Crippen molar-refractivity contribution in [1.29, 1.82) is 0 Å². The van der Waals surface area contributed by atoms with Gasteiger partial charge in [0.25, 0.3) is 0 Å². The Balaban J connectivity index is 1.83. The number of nitrogens with zero attached hydrogens (tertiary/aromatic N) is 1. The molecule has 0 N–H and O–H groups in total. The Labute approximate surface area is 200 Å². The molecule has 0 bridgehead atoms. The van der Waals surface area contributed by atoms with Crippen LogP contribution in [0.2, 0.25) is 0 Å². The van der Waals surface area contributed by atoms with Crippen LogP contribution in [0.3, 0.4) is 0 Å². The predicted octanol–water partition coefficient (Wildman–Crippen LogP) is 6.29. The normalized spacial score (nSPS) is 26.5. The predicted molar refractivity (Wildman–Crippen MR) is 131 cm³/mol. The Bertz CT molecular complexity index is 1070. The maximum absolute atomic E-state index is 12.9. The van der Waals surface area contributed by atoms with E-state index in [1.54, 1.807) is 6.92 Å². The van der Waals surface area contributed by atoms with Gasteiger partial charge in [-0.05, 0) is 79.5 Å². The van der Waals surface area contributed by atoms with Gasteiger partial charge in [0.15, 0.2) is 0 Å². The fourth-order valence-electron chi connectivity index (χ4n) is 6.40. The zero-order chi connectivity index (χ0) is 24.0. The van der Waals surface area contributed by atoms with E-state index >= 15 is 0 Å². The summed E-state index contributed by atoms with van der Waals surface area (Å²) in [5.41, 5.74) is 5.32. The van der Waals surface area contributed by atoms with Crippen LogP contribution < -0.4 is 0 Å². The van der Waals surface area contributed by atoms with Crippen molar-refractivity contribution >= 4 is 23.3 Å². The summed E-state index contributed by atoms with van der Waals surface area (Å²) >= 11 is 1.33. The minimum atomic E-state index is -0.464. The first-order valence-corrected chi connectivity index (χ1v) is 12.9. The van der Waals surface area contributed by atoms with Crippen LogP contribution in [0.4, 0.5) is 0 Å². The van der Waals surface area contributed by atoms with Crippen molar-refractivity contribution in [2.45, 2.75) is 78.1 Å². The van der Waals surface area contributed by atoms with Crippen LogP contribution in [0, 0.1) is 11.3 Å². The highest BCUT2D eigenvalue weighted by molar-refractivity contribution is 7.11. The highest BCUT2D eigenvalue weighted by Gasteiger charge is 2.55. The van der Waals surface area contributed by atoms with Crippen LogP contribution in [0.25, 0.3) is 11.3 Å². The number of hydrogen-bond donors (Lipinski definition) is 0. The number of aromatic nitrogens is 1. The number of methoxy groups -OCH3 is 1. The van der Waals surface area contributed by atoms with Crippen LogP contribution in [0.15, 0.2) is 17.5 Å². The molecule has 0 aliphatic heterocycles. The Morgan fingerprint density at radius 1 is 1.24 bits per heavy atom. The van der Waals surface area contributed by atoms with Gasteiger partial charge in [0.1, 0.15) is 0 Å². The number of ether oxygens (including phenoxy) is 2. The summed E-state index contributed by atoms with van der Waals surface area (Å²) in [6.45, 7) is 11.0. The molecule has 2 aliphatic rings. The molecule has 33 heavy (non-hydrogen) atoms. The topological polar surface area (TPSA) is 65.5 Å². The molecule has 4 rings (SSSR count). The maximum atomic E-state index is 12.9. The van der Waals surface area contributed by atoms with Crippen molar-refractivity contribution in [3.05, 3.63) is 39.2 Å². The lowest BCUT2D eigenvalue weighted by Crippen LogP contribution is -2.52. The van der Waals surface area contributed by atoms with Gasteiger partial charge >= 0.3 is 11.9 Å². The lowest BCUT2D eigenvalue weighted by Gasteiger charge is -2.54. The standard InChI is InChI=1S/C27H35NO4S/c1-7-32-24(29)23-28-21(15-33-23)19-14-20-17(13-18(19)16(2)3)9-10-22-26(20,4)11-8-12-27(22,5)25(30)31-6/h13-16,22H,7-12H2,1-6H3/t22-,26-,27-/m1/s1. The largest absolute Gasteiger partial charge is 0.469 e. The molecular formula is C27H35NO4S. The number of fused-ring (bicyclic) bond motifs is 3. The number of esters is 2. The zero-order valence-electron chi connectivity index (χ0n) is 20.6. The zero-order valence-corrected chi connectivity index (χ0v) is 21.4. The Hall–Kier alpha value is -2.21. The highest BCUT2D eigenvalue weighted by atomic mass is 32.1. The number of carbonyl (C=O) groups is 2. The number of thiazole rings is 1. The van der Waals surface area contributed by atoms with E-state index in [2.05, 4.69) is 44.8 Å². The third kappa shape index (κ3) is 3.90. The van der Waals surface area contributed by atoms with Crippen molar-refractivity contribution in [2.75, 3.05) is 13.7 Å². The molecule has 5 nitrogen and oxygen atoms in total. The van der Waals surface area contributed by atoms with E-state index in [-0.39, 0.29) is 23.3 Å². The minimum Gasteiger partial charge on any atom is -0.469 e. The number of benzene rings is 1. The molecule has 3 atom stereocenters. The van der Waals surface area contributed by atoms with Crippen molar-refractivity contribution < 1.29 is 19.1 Å². The third-order valence-corrected chi connectivity index (χ3v) is 8.85. The van der Waals surface area contributed by atoms with Gasteiger partial charge in [-0.2, -0.15) is 0 Å². The summed E-state index contributed by atoms with van der Waals surface area (Å²) in [6, 6.07) is 4.66. The van der Waals surface area contributed by atoms with Crippen LogP contribution in [-0.4, -0.2) is 30.6 Å². The van der Waals surface area contributed by atoms with Gasteiger partial charge in [-0.3, -0.25) is 4.79 Å². The Morgan fingerprint density at radius 3 is 2.67 bits per heavy atom. The van der Waals surface area contributed by atoms with E-state index < -0.39 is 5.41 Å². The van der Waals surface area contributed by atoms with Crippen molar-refractivity contribution in [1.82, 2.24) is 4.98 Å². The Morgan fingerprint density at radius 2 is 2.00 bits per heavy atom. The van der Waals surface area contributed by atoms with Crippen molar-refractivity contribution in [2.24, 2.45) is 11.3 Å². The van der Waals surface area contributed by atoms with Crippen molar-refractivity contribution in [3.8, 4) is 11.3 Å². The van der Waals surface area contributed by atoms with Gasteiger partial charge in [-0.25, -0.2) is 9.78 Å². The maximum Gasteiger partial charge on any atom is 0.367 e. The second-order valence-corrected chi connectivity index (χ2v) is 11.1. The van der Waals surface area contributed by atoms with E-state index in [1.165, 1.54) is 35.1 Å². The molecule has 0 amide bonds. The second-order valence-electron chi connectivity index (χ2n) is 10.3. The molecule has 0 unspecified atom stereocenters. The summed E-state index contributed by atoms with van der Waals surface area (Å²) in [5, 5.41) is 2.35. The molecule has 0 radical (unpaired) electrons. The van der Waals surface area contributed by atoms with E-state index in [4.69, 9.17) is 9.47 Å². The first kappa shape index (κ1) is 23.9. The van der Waals surface area contributed by atoms with Gasteiger partial charge in [0.05, 0.1) is 24.8 Å². The molecule has 178 valence electrons. The van der Waals surface area contributed by atoms with Crippen LogP contribution in [-0.2, 0) is 26.1 Å². The van der Waals surface area contributed by atoms with Crippen molar-refractivity contribution in [3.63, 3.8) is 0 Å². The molecule has 2 aromatic rings. The Kier molecular flexibility index (Phi) is 6.43. The number of aryl methyl sites for hydroxylation is 1. The molecule has 0 saturated heterocycles. The van der Waals surface area contributed by atoms with Gasteiger partial charge in [0.2, 0.25) is 5.01 Å². The first-order chi connectivity index (χ1) is 15.7. The van der Waals surface area contributed by atoms with Gasteiger partial charge < -0.3 is 9.47 Å². The highest BCUT2D eigenvalue weighted by Crippen LogP contribution is 2.58. The quantitative estimate of drug-likeness (QED) is 0.481. The molecule has 1 saturated carbocycles. The SMILES string of the molecule is CCOC(=O)c1nc(-c2cc3c(cc2C(C)C)CC[C@H]2[C@](C)(C(=O)OC)CCC[C@]32C)cs1. The molecule has 2 aliphatic carbocycles. The average molecular weight is 470 g/mol. The fraction of sp³-hybridized carbons (Fsp3) is 0.593. The average Bonchev–Trinajstić information content (AvgIpc) is 3.28. The fourth-order valence-corrected chi connectivity index (χ4v) is 7.11. The van der Waals surface area contributed by atoms with Gasteiger partial charge in [0, 0.05) is 10.9 Å². The van der Waals surface area contributed by atoms with E-state index in [0.717, 1.165) is 43.4 Å². The molecule has 1 heterocycles. The minimum absolute atomic E-state index is 0.0838. The molecule has 1 aromatic heterocycles. The smallest absolute Gasteiger partial charge is 0.367 e. The monoisotopic (exact) mass is 469 g/mol. The summed E-state index contributed by atoms with van der Waals surface area (Å²) in [4.78, 5) is 29.8.